The minimum Gasteiger partial charge on any atom is -0.504 e. The number of aromatic hydroxyl groups is 1. The Labute approximate surface area is 79.9 Å². The maximum absolute atomic E-state index is 12.6. The number of benzene rings is 1. The maximum atomic E-state index is 12.6. The van der Waals surface area contributed by atoms with Gasteiger partial charge in [-0.25, -0.2) is 8.78 Å². The zero-order valence-electron chi connectivity index (χ0n) is 6.90. The normalized spacial score (nSPS) is 11.5. The molecule has 0 unspecified atom stereocenters. The smallest absolute Gasteiger partial charge is 0.455 e. The van der Waals surface area contributed by atoms with Crippen molar-refractivity contribution >= 4 is 5.78 Å². The van der Waals surface area contributed by atoms with Crippen molar-refractivity contribution in [2.45, 2.75) is 6.18 Å². The van der Waals surface area contributed by atoms with E-state index in [4.69, 9.17) is 5.11 Å². The number of rotatable bonds is 1. The second-order valence-electron chi connectivity index (χ2n) is 2.61. The largest absolute Gasteiger partial charge is 0.504 e. The number of halogens is 5. The summed E-state index contributed by atoms with van der Waals surface area (Å²) in [6.07, 6.45) is -5.29. The van der Waals surface area contributed by atoms with E-state index in [1.807, 2.05) is 0 Å². The number of carbonyl (C=O) groups is 1. The molecule has 0 radical (unpaired) electrons. The molecule has 15 heavy (non-hydrogen) atoms. The molecule has 2 nitrogen and oxygen atoms in total. The Morgan fingerprint density at radius 2 is 1.73 bits per heavy atom. The van der Waals surface area contributed by atoms with Crippen molar-refractivity contribution < 1.29 is 31.9 Å². The first-order chi connectivity index (χ1) is 6.73. The summed E-state index contributed by atoms with van der Waals surface area (Å²) in [6, 6.07) is 0.288. The molecule has 0 aliphatic carbocycles. The molecule has 0 atom stereocenters. The highest BCUT2D eigenvalue weighted by Gasteiger charge is 2.41. The second-order valence-corrected chi connectivity index (χ2v) is 2.61. The summed E-state index contributed by atoms with van der Waals surface area (Å²) in [4.78, 5) is 10.6. The first-order valence-corrected chi connectivity index (χ1v) is 3.53. The lowest BCUT2D eigenvalue weighted by atomic mass is 10.1. The van der Waals surface area contributed by atoms with E-state index in [0.29, 0.717) is 0 Å². The topological polar surface area (TPSA) is 37.3 Å². The average molecular weight is 226 g/mol. The summed E-state index contributed by atoms with van der Waals surface area (Å²) in [5.74, 6) is -7.02. The van der Waals surface area contributed by atoms with Crippen LogP contribution in [-0.4, -0.2) is 17.1 Å². The molecule has 0 heterocycles. The van der Waals surface area contributed by atoms with Crippen LogP contribution in [-0.2, 0) is 0 Å². The second kappa shape index (κ2) is 3.48. The number of phenols is 1. The minimum absolute atomic E-state index is 0.119. The number of Topliss-reactive ketones (excluding diaryl/α,β-unsaturated/α-hetero) is 1. The molecule has 0 saturated carbocycles. The van der Waals surface area contributed by atoms with Crippen LogP contribution in [0.3, 0.4) is 0 Å². The SMILES string of the molecule is O=C(c1cc(F)cc(F)c1O)C(F)(F)F. The monoisotopic (exact) mass is 226 g/mol. The lowest BCUT2D eigenvalue weighted by Crippen LogP contribution is -2.23. The molecule has 7 heteroatoms. The van der Waals surface area contributed by atoms with Gasteiger partial charge in [-0.2, -0.15) is 13.2 Å². The van der Waals surface area contributed by atoms with Crippen LogP contribution in [0.25, 0.3) is 0 Å². The Balaban J connectivity index is 3.32. The molecule has 1 rings (SSSR count). The van der Waals surface area contributed by atoms with Gasteiger partial charge in [0.15, 0.2) is 11.6 Å². The van der Waals surface area contributed by atoms with E-state index in [9.17, 15) is 26.7 Å². The van der Waals surface area contributed by atoms with Crippen LogP contribution < -0.4 is 0 Å². The molecular formula is C8H3F5O2. The molecule has 1 N–H and O–H groups in total. The van der Waals surface area contributed by atoms with Crippen molar-refractivity contribution in [1.29, 1.82) is 0 Å². The number of alkyl halides is 3. The molecule has 0 spiro atoms. The van der Waals surface area contributed by atoms with Gasteiger partial charge in [0.25, 0.3) is 5.78 Å². The lowest BCUT2D eigenvalue weighted by molar-refractivity contribution is -0.0886. The van der Waals surface area contributed by atoms with Gasteiger partial charge >= 0.3 is 6.18 Å². The summed E-state index contributed by atoms with van der Waals surface area (Å²) in [5.41, 5.74) is -1.44. The Morgan fingerprint density at radius 1 is 1.20 bits per heavy atom. The fourth-order valence-electron chi connectivity index (χ4n) is 0.892. The Kier molecular flexibility index (Phi) is 2.65. The number of hydrogen-bond donors (Lipinski definition) is 1. The predicted octanol–water partition coefficient (Wildman–Crippen LogP) is 2.42. The lowest BCUT2D eigenvalue weighted by Gasteiger charge is -2.07. The van der Waals surface area contributed by atoms with Gasteiger partial charge in [-0.15, -0.1) is 0 Å². The van der Waals surface area contributed by atoms with E-state index in [-0.39, 0.29) is 12.1 Å². The molecule has 0 fully saturated rings. The van der Waals surface area contributed by atoms with Crippen LogP contribution in [0.15, 0.2) is 12.1 Å². The summed E-state index contributed by atoms with van der Waals surface area (Å²) >= 11 is 0. The Bertz CT molecular complexity index is 410. The van der Waals surface area contributed by atoms with Crippen LogP contribution in [0.2, 0.25) is 0 Å². The zero-order chi connectivity index (χ0) is 11.8. The van der Waals surface area contributed by atoms with Gasteiger partial charge in [0.2, 0.25) is 0 Å². The van der Waals surface area contributed by atoms with Gasteiger partial charge in [-0.3, -0.25) is 4.79 Å². The number of phenolic OH excluding ortho intramolecular Hbond substituents is 1. The van der Waals surface area contributed by atoms with Gasteiger partial charge in [-0.05, 0) is 6.07 Å². The van der Waals surface area contributed by atoms with Gasteiger partial charge in [0.05, 0.1) is 5.56 Å². The van der Waals surface area contributed by atoms with Gasteiger partial charge in [0, 0.05) is 6.07 Å². The third kappa shape index (κ3) is 2.23. The van der Waals surface area contributed by atoms with E-state index in [1.54, 1.807) is 0 Å². The summed E-state index contributed by atoms with van der Waals surface area (Å²) in [5, 5.41) is 8.79. The number of carbonyl (C=O) groups excluding carboxylic acids is 1. The third-order valence-electron chi connectivity index (χ3n) is 1.53. The molecule has 1 aromatic carbocycles. The molecule has 1 aromatic rings. The highest BCUT2D eigenvalue weighted by molar-refractivity contribution is 6.02. The molecule has 0 saturated heterocycles. The quantitative estimate of drug-likeness (QED) is 0.589. The fraction of sp³-hybridized carbons (Fsp3) is 0.125. The van der Waals surface area contributed by atoms with E-state index < -0.39 is 34.9 Å². The van der Waals surface area contributed by atoms with Crippen molar-refractivity contribution in [2.75, 3.05) is 0 Å². The molecule has 82 valence electrons. The van der Waals surface area contributed by atoms with Crippen molar-refractivity contribution in [3.63, 3.8) is 0 Å². The summed E-state index contributed by atoms with van der Waals surface area (Å²) in [6.45, 7) is 0. The van der Waals surface area contributed by atoms with E-state index in [1.165, 1.54) is 0 Å². The fourth-order valence-corrected chi connectivity index (χ4v) is 0.892. The van der Waals surface area contributed by atoms with Crippen molar-refractivity contribution in [3.05, 3.63) is 29.3 Å². The highest BCUT2D eigenvalue weighted by atomic mass is 19.4. The summed E-state index contributed by atoms with van der Waals surface area (Å²) in [7, 11) is 0. The van der Waals surface area contributed by atoms with E-state index in [2.05, 4.69) is 0 Å². The van der Waals surface area contributed by atoms with Crippen molar-refractivity contribution in [2.24, 2.45) is 0 Å². The van der Waals surface area contributed by atoms with Gasteiger partial charge in [0.1, 0.15) is 5.82 Å². The number of hydrogen-bond acceptors (Lipinski definition) is 2. The first kappa shape index (κ1) is 11.4. The van der Waals surface area contributed by atoms with Crippen LogP contribution in [0, 0.1) is 11.6 Å². The van der Waals surface area contributed by atoms with Gasteiger partial charge < -0.3 is 5.11 Å². The van der Waals surface area contributed by atoms with Crippen molar-refractivity contribution in [1.82, 2.24) is 0 Å². The highest BCUT2D eigenvalue weighted by Crippen LogP contribution is 2.29. The zero-order valence-corrected chi connectivity index (χ0v) is 6.90. The molecule has 0 aliphatic rings. The molecule has 0 amide bonds. The third-order valence-corrected chi connectivity index (χ3v) is 1.53. The van der Waals surface area contributed by atoms with E-state index in [0.717, 1.165) is 0 Å². The molecule has 0 bridgehead atoms. The van der Waals surface area contributed by atoms with Gasteiger partial charge in [-0.1, -0.05) is 0 Å². The van der Waals surface area contributed by atoms with Crippen LogP contribution in [0.5, 0.6) is 5.75 Å². The molecule has 0 aliphatic heterocycles. The van der Waals surface area contributed by atoms with Crippen molar-refractivity contribution in [3.8, 4) is 5.75 Å². The summed E-state index contributed by atoms with van der Waals surface area (Å²) < 4.78 is 60.7. The van der Waals surface area contributed by atoms with Crippen LogP contribution >= 0.6 is 0 Å². The standard InChI is InChI=1S/C8H3F5O2/c9-3-1-4(6(14)5(10)2-3)7(15)8(11,12)13/h1-2,14H. The predicted molar refractivity (Wildman–Crippen MR) is 38.4 cm³/mol. The Hall–Kier alpha value is -1.66. The van der Waals surface area contributed by atoms with Crippen LogP contribution in [0.1, 0.15) is 10.4 Å². The molecular weight excluding hydrogens is 223 g/mol. The average Bonchev–Trinajstić information content (AvgIpc) is 2.08. The number of ketones is 1. The molecule has 0 aromatic heterocycles. The van der Waals surface area contributed by atoms with Crippen LogP contribution in [0.4, 0.5) is 22.0 Å². The minimum atomic E-state index is -5.29. The maximum Gasteiger partial charge on any atom is 0.455 e. The first-order valence-electron chi connectivity index (χ1n) is 3.53. The van der Waals surface area contributed by atoms with E-state index >= 15 is 0 Å². The Morgan fingerprint density at radius 3 is 2.20 bits per heavy atom.